The summed E-state index contributed by atoms with van der Waals surface area (Å²) in [5.74, 6) is 2.49. The minimum Gasteiger partial charge on any atom is -0.352 e. The Morgan fingerprint density at radius 1 is 0.828 bits per heavy atom. The molecule has 3 aromatic heterocycles. The average Bonchev–Trinajstić information content (AvgIpc) is 3.31. The Bertz CT molecular complexity index is 1080. The molecule has 1 aliphatic heterocycles. The molecule has 0 bridgehead atoms. The van der Waals surface area contributed by atoms with Gasteiger partial charge in [-0.15, -0.1) is 0 Å². The van der Waals surface area contributed by atoms with Crippen molar-refractivity contribution in [1.29, 1.82) is 0 Å². The van der Waals surface area contributed by atoms with E-state index in [1.807, 2.05) is 36.4 Å². The first kappa shape index (κ1) is 17.2. The Kier molecular flexibility index (Phi) is 4.53. The lowest BCUT2D eigenvalue weighted by atomic mass is 10.2. The quantitative estimate of drug-likeness (QED) is 0.523. The Labute approximate surface area is 167 Å². The number of hydrogen-bond donors (Lipinski definition) is 0. The maximum atomic E-state index is 5.53. The number of nitrogens with zero attached hydrogens (tertiary/aromatic N) is 8. The molecule has 144 valence electrons. The molecule has 1 aromatic carbocycles. The molecule has 5 rings (SSSR count). The molecule has 1 aliphatic rings. The highest BCUT2D eigenvalue weighted by Crippen LogP contribution is 2.29. The second-order valence-electron chi connectivity index (χ2n) is 6.57. The van der Waals surface area contributed by atoms with E-state index in [-0.39, 0.29) is 0 Å². The molecule has 29 heavy (non-hydrogen) atoms. The zero-order valence-electron chi connectivity index (χ0n) is 15.6. The molecule has 0 spiro atoms. The van der Waals surface area contributed by atoms with Gasteiger partial charge in [-0.25, -0.2) is 19.9 Å². The first-order valence-corrected chi connectivity index (χ1v) is 9.35. The van der Waals surface area contributed by atoms with Crippen molar-refractivity contribution in [2.75, 3.05) is 36.0 Å². The van der Waals surface area contributed by atoms with Gasteiger partial charge in [0.05, 0.1) is 0 Å². The lowest BCUT2D eigenvalue weighted by Gasteiger charge is -2.35. The van der Waals surface area contributed by atoms with E-state index >= 15 is 0 Å². The molecule has 0 atom stereocenters. The Morgan fingerprint density at radius 2 is 1.59 bits per heavy atom. The summed E-state index contributed by atoms with van der Waals surface area (Å²) in [6, 6.07) is 11.6. The molecule has 0 N–H and O–H groups in total. The van der Waals surface area contributed by atoms with Crippen molar-refractivity contribution in [1.82, 2.24) is 30.1 Å². The summed E-state index contributed by atoms with van der Waals surface area (Å²) in [6.45, 7) is 3.16. The summed E-state index contributed by atoms with van der Waals surface area (Å²) in [4.78, 5) is 26.2. The smallest absolute Gasteiger partial charge is 0.263 e. The molecule has 1 fully saturated rings. The van der Waals surface area contributed by atoms with E-state index in [4.69, 9.17) is 4.52 Å². The second-order valence-corrected chi connectivity index (χ2v) is 6.57. The molecule has 4 aromatic rings. The zero-order valence-corrected chi connectivity index (χ0v) is 15.6. The lowest BCUT2D eigenvalue weighted by molar-refractivity contribution is 0.432. The molecule has 0 unspecified atom stereocenters. The number of anilines is 2. The van der Waals surface area contributed by atoms with Crippen LogP contribution < -0.4 is 9.80 Å². The fourth-order valence-corrected chi connectivity index (χ4v) is 3.34. The van der Waals surface area contributed by atoms with E-state index in [1.54, 1.807) is 24.9 Å². The van der Waals surface area contributed by atoms with Crippen LogP contribution in [0.4, 0.5) is 11.8 Å². The van der Waals surface area contributed by atoms with Crippen LogP contribution in [0.15, 0.2) is 65.8 Å². The molecular formula is C20H18N8O. The maximum absolute atomic E-state index is 5.53. The van der Waals surface area contributed by atoms with Crippen LogP contribution >= 0.6 is 0 Å². The fraction of sp³-hybridized carbons (Fsp3) is 0.200. The SMILES string of the molecule is c1ccc(-c2noc(-c3cncnc3N3CCN(c4ncccn4)CC3)n2)cc1. The Balaban J connectivity index is 1.38. The van der Waals surface area contributed by atoms with Gasteiger partial charge < -0.3 is 14.3 Å². The monoisotopic (exact) mass is 386 g/mol. The van der Waals surface area contributed by atoms with Gasteiger partial charge in [-0.05, 0) is 6.07 Å². The molecular weight excluding hydrogens is 368 g/mol. The summed E-state index contributed by atoms with van der Waals surface area (Å²) in [6.07, 6.45) is 6.78. The molecule has 0 amide bonds. The predicted octanol–water partition coefficient (Wildman–Crippen LogP) is 2.31. The fourth-order valence-electron chi connectivity index (χ4n) is 3.34. The van der Waals surface area contributed by atoms with Gasteiger partial charge in [0.25, 0.3) is 5.89 Å². The number of piperazine rings is 1. The van der Waals surface area contributed by atoms with Gasteiger partial charge in [-0.1, -0.05) is 35.5 Å². The molecule has 9 nitrogen and oxygen atoms in total. The highest BCUT2D eigenvalue weighted by molar-refractivity contribution is 5.70. The largest absolute Gasteiger partial charge is 0.352 e. The summed E-state index contributed by atoms with van der Waals surface area (Å²) >= 11 is 0. The zero-order chi connectivity index (χ0) is 19.5. The highest BCUT2D eigenvalue weighted by Gasteiger charge is 2.24. The van der Waals surface area contributed by atoms with Crippen LogP contribution in [0.2, 0.25) is 0 Å². The molecule has 0 saturated carbocycles. The van der Waals surface area contributed by atoms with E-state index in [9.17, 15) is 0 Å². The Morgan fingerprint density at radius 3 is 2.38 bits per heavy atom. The Hall–Kier alpha value is -3.88. The molecule has 0 aliphatic carbocycles. The third-order valence-electron chi connectivity index (χ3n) is 4.79. The van der Waals surface area contributed by atoms with E-state index in [0.717, 1.165) is 49.1 Å². The van der Waals surface area contributed by atoms with Crippen molar-refractivity contribution < 1.29 is 4.52 Å². The van der Waals surface area contributed by atoms with Gasteiger partial charge >= 0.3 is 0 Å². The van der Waals surface area contributed by atoms with Crippen molar-refractivity contribution >= 4 is 11.8 Å². The second kappa shape index (κ2) is 7.63. The topological polar surface area (TPSA) is 97.0 Å². The van der Waals surface area contributed by atoms with Crippen molar-refractivity contribution in [2.24, 2.45) is 0 Å². The van der Waals surface area contributed by atoms with E-state index in [0.29, 0.717) is 11.7 Å². The standard InChI is InChI=1S/C20H18N8O/c1-2-5-15(6-3-1)17-25-19(29-26-17)16-13-21-14-24-18(16)27-9-11-28(12-10-27)20-22-7-4-8-23-20/h1-8,13-14H,9-12H2. The van der Waals surface area contributed by atoms with Crippen LogP contribution in [-0.2, 0) is 0 Å². The van der Waals surface area contributed by atoms with Gasteiger partial charge in [0.15, 0.2) is 0 Å². The molecule has 1 saturated heterocycles. The van der Waals surface area contributed by atoms with Crippen molar-refractivity contribution in [3.05, 3.63) is 61.3 Å². The van der Waals surface area contributed by atoms with Gasteiger partial charge in [-0.2, -0.15) is 4.98 Å². The molecule has 4 heterocycles. The third-order valence-corrected chi connectivity index (χ3v) is 4.79. The van der Waals surface area contributed by atoms with Crippen LogP contribution in [-0.4, -0.2) is 56.3 Å². The van der Waals surface area contributed by atoms with E-state index in [1.165, 1.54) is 0 Å². The lowest BCUT2D eigenvalue weighted by Crippen LogP contribution is -2.47. The summed E-state index contributed by atoms with van der Waals surface area (Å²) in [5, 5.41) is 4.12. The van der Waals surface area contributed by atoms with Crippen molar-refractivity contribution in [3.63, 3.8) is 0 Å². The molecule has 9 heteroatoms. The number of aromatic nitrogens is 6. The van der Waals surface area contributed by atoms with Gasteiger partial charge in [0.2, 0.25) is 11.8 Å². The first-order chi connectivity index (χ1) is 14.4. The van der Waals surface area contributed by atoms with Crippen molar-refractivity contribution in [3.8, 4) is 22.8 Å². The van der Waals surface area contributed by atoms with Crippen molar-refractivity contribution in [2.45, 2.75) is 0 Å². The van der Waals surface area contributed by atoms with Crippen LogP contribution in [0.3, 0.4) is 0 Å². The third kappa shape index (κ3) is 3.49. The van der Waals surface area contributed by atoms with E-state index in [2.05, 4.69) is 39.9 Å². The minimum absolute atomic E-state index is 0.410. The maximum Gasteiger partial charge on any atom is 0.263 e. The minimum atomic E-state index is 0.410. The summed E-state index contributed by atoms with van der Waals surface area (Å²) in [7, 11) is 0. The van der Waals surface area contributed by atoms with Gasteiger partial charge in [0, 0.05) is 50.3 Å². The summed E-state index contributed by atoms with van der Waals surface area (Å²) in [5.41, 5.74) is 1.63. The van der Waals surface area contributed by atoms with Crippen LogP contribution in [0, 0.1) is 0 Å². The van der Waals surface area contributed by atoms with Crippen LogP contribution in [0.25, 0.3) is 22.8 Å². The van der Waals surface area contributed by atoms with Gasteiger partial charge in [0.1, 0.15) is 17.7 Å². The molecule has 0 radical (unpaired) electrons. The van der Waals surface area contributed by atoms with Crippen LogP contribution in [0.5, 0.6) is 0 Å². The predicted molar refractivity (Wildman–Crippen MR) is 107 cm³/mol. The summed E-state index contributed by atoms with van der Waals surface area (Å²) < 4.78 is 5.53. The van der Waals surface area contributed by atoms with Crippen LogP contribution in [0.1, 0.15) is 0 Å². The normalized spacial score (nSPS) is 14.2. The number of hydrogen-bond acceptors (Lipinski definition) is 9. The van der Waals surface area contributed by atoms with E-state index < -0.39 is 0 Å². The van der Waals surface area contributed by atoms with Gasteiger partial charge in [-0.3, -0.25) is 0 Å². The first-order valence-electron chi connectivity index (χ1n) is 9.35. The average molecular weight is 386 g/mol. The number of benzene rings is 1. The highest BCUT2D eigenvalue weighted by atomic mass is 16.5. The number of rotatable bonds is 4.